The molecule has 0 aliphatic carbocycles. The first kappa shape index (κ1) is 26.8. The number of hydrogen-bond acceptors (Lipinski definition) is 0. The molecule has 1 rings (SSSR count). The maximum Gasteiger partial charge on any atom is 0.458 e. The van der Waals surface area contributed by atoms with Gasteiger partial charge in [-0.05, 0) is 17.7 Å². The molecule has 0 nitrogen and oxygen atoms in total. The molecule has 0 aromatic heterocycles. The predicted molar refractivity (Wildman–Crippen MR) is 83.0 cm³/mol. The van der Waals surface area contributed by atoms with Crippen molar-refractivity contribution >= 4 is 50.7 Å². The monoisotopic (exact) mass is 572 g/mol. The Hall–Kier alpha value is -0.270. The van der Waals surface area contributed by atoms with Crippen LogP contribution in [0, 0.1) is 0 Å². The summed E-state index contributed by atoms with van der Waals surface area (Å²) in [6.45, 7) is 0. The number of alkyl halides is 15. The van der Waals surface area contributed by atoms with Crippen molar-refractivity contribution in [2.45, 2.75) is 40.3 Å². The van der Waals surface area contributed by atoms with Gasteiger partial charge in [-0.2, -0.15) is 48.3 Å². The lowest BCUT2D eigenvalue weighted by Gasteiger charge is -2.34. The van der Waals surface area contributed by atoms with Gasteiger partial charge in [-0.15, -0.1) is 0 Å². The summed E-state index contributed by atoms with van der Waals surface area (Å²) in [5.41, 5.74) is -12.8. The van der Waals surface area contributed by atoms with Crippen LogP contribution < -0.4 is 0 Å². The second-order valence-corrected chi connectivity index (χ2v) is 8.87. The minimum atomic E-state index is -6.82. The van der Waals surface area contributed by atoms with Gasteiger partial charge in [0, 0.05) is 22.0 Å². The van der Waals surface area contributed by atoms with Gasteiger partial charge in [0.1, 0.15) is 0 Å². The molecule has 0 heterocycles. The second-order valence-electron chi connectivity index (χ2n) is 5.50. The fourth-order valence-corrected chi connectivity index (χ4v) is 3.14. The van der Waals surface area contributed by atoms with Crippen LogP contribution >= 0.6 is 50.7 Å². The summed E-state index contributed by atoms with van der Waals surface area (Å²) in [7, 11) is 0. The van der Waals surface area contributed by atoms with E-state index in [1.807, 2.05) is 0 Å². The number of halogens is 16. The Morgan fingerprint density at radius 1 is 0.690 bits per heavy atom. The highest BCUT2D eigenvalue weighted by atomic mass is 79.9. The van der Waals surface area contributed by atoms with E-state index in [0.717, 1.165) is 0 Å². The molecule has 16 heteroatoms. The summed E-state index contributed by atoms with van der Waals surface area (Å²) in [5, 5.41) is 0. The largest absolute Gasteiger partial charge is 0.458 e. The zero-order valence-corrected chi connectivity index (χ0v) is 16.8. The first-order valence-electron chi connectivity index (χ1n) is 6.64. The zero-order valence-electron chi connectivity index (χ0n) is 12.9. The SMILES string of the molecule is FC(F)(F)C(F)(F)c1cc(Br)c(CC(Cl)(Cl)Cl)c(C(F)(C(F)(F)F)C(F)(F)F)c1. The van der Waals surface area contributed by atoms with E-state index in [2.05, 4.69) is 15.9 Å². The van der Waals surface area contributed by atoms with E-state index in [1.54, 1.807) is 0 Å². The van der Waals surface area contributed by atoms with E-state index in [4.69, 9.17) is 34.8 Å². The summed E-state index contributed by atoms with van der Waals surface area (Å²) >= 11 is 18.1. The predicted octanol–water partition coefficient (Wildman–Crippen LogP) is 8.31. The van der Waals surface area contributed by atoms with E-state index >= 15 is 0 Å². The average molecular weight is 574 g/mol. The molecule has 1 aromatic rings. The molecule has 0 saturated heterocycles. The Labute approximate surface area is 177 Å². The molecular formula is C13H4BrCl3F12. The van der Waals surface area contributed by atoms with Crippen molar-refractivity contribution in [1.29, 1.82) is 0 Å². The third kappa shape index (κ3) is 5.15. The molecule has 0 radical (unpaired) electrons. The van der Waals surface area contributed by atoms with Gasteiger partial charge >= 0.3 is 30.1 Å². The molecule has 0 N–H and O–H groups in total. The van der Waals surface area contributed by atoms with Gasteiger partial charge < -0.3 is 0 Å². The topological polar surface area (TPSA) is 0 Å². The molecular weight excluding hydrogens is 570 g/mol. The van der Waals surface area contributed by atoms with Crippen LogP contribution in [0.1, 0.15) is 16.7 Å². The van der Waals surface area contributed by atoms with Gasteiger partial charge in [-0.1, -0.05) is 50.7 Å². The van der Waals surface area contributed by atoms with Crippen molar-refractivity contribution in [3.05, 3.63) is 33.3 Å². The summed E-state index contributed by atoms with van der Waals surface area (Å²) in [4.78, 5) is 0. The molecule has 0 amide bonds. The molecule has 0 spiro atoms. The Balaban J connectivity index is 4.08. The minimum Gasteiger partial charge on any atom is -0.218 e. The molecule has 0 aliphatic heterocycles. The van der Waals surface area contributed by atoms with Crippen molar-refractivity contribution in [1.82, 2.24) is 0 Å². The van der Waals surface area contributed by atoms with Crippen LogP contribution in [0.25, 0.3) is 0 Å². The van der Waals surface area contributed by atoms with E-state index in [-0.39, 0.29) is 6.07 Å². The molecule has 29 heavy (non-hydrogen) atoms. The summed E-state index contributed by atoms with van der Waals surface area (Å²) in [6, 6.07) is -1.04. The standard InChI is InChI=1S/C13H4BrCl3F12/c14-7-2-4(10(19,20)13(27,28)29)1-6(5(7)3-8(15,16)17)9(18,11(21,22)23)12(24,25)26/h1-2H,3H2. The van der Waals surface area contributed by atoms with Gasteiger partial charge in [-0.25, -0.2) is 4.39 Å². The van der Waals surface area contributed by atoms with Crippen LogP contribution in [-0.2, 0) is 18.0 Å². The lowest BCUT2D eigenvalue weighted by molar-refractivity contribution is -0.349. The van der Waals surface area contributed by atoms with Gasteiger partial charge in [0.05, 0.1) is 0 Å². The first-order chi connectivity index (χ1) is 12.5. The first-order valence-corrected chi connectivity index (χ1v) is 8.56. The molecule has 0 bridgehead atoms. The number of rotatable bonds is 3. The van der Waals surface area contributed by atoms with Crippen LogP contribution in [0.15, 0.2) is 16.6 Å². The third-order valence-electron chi connectivity index (χ3n) is 3.44. The normalized spacial score (nSPS) is 15.0. The summed E-state index contributed by atoms with van der Waals surface area (Å²) in [5.74, 6) is -5.93. The Kier molecular flexibility index (Phi) is 7.11. The van der Waals surface area contributed by atoms with E-state index < -0.39 is 67.6 Å². The molecule has 168 valence electrons. The van der Waals surface area contributed by atoms with Crippen molar-refractivity contribution in [3.63, 3.8) is 0 Å². The zero-order chi connectivity index (χ0) is 23.4. The maximum atomic E-state index is 14.5. The van der Waals surface area contributed by atoms with Gasteiger partial charge in [0.2, 0.25) is 0 Å². The summed E-state index contributed by atoms with van der Waals surface area (Å²) < 4.78 is 154. The lowest BCUT2D eigenvalue weighted by atomic mass is 9.86. The van der Waals surface area contributed by atoms with Crippen molar-refractivity contribution in [2.75, 3.05) is 0 Å². The molecule has 1 aromatic carbocycles. The number of hydrogen-bond donors (Lipinski definition) is 0. The molecule has 0 aliphatic rings. The maximum absolute atomic E-state index is 14.5. The Morgan fingerprint density at radius 2 is 1.10 bits per heavy atom. The fourth-order valence-electron chi connectivity index (χ4n) is 2.14. The highest BCUT2D eigenvalue weighted by Crippen LogP contribution is 2.56. The van der Waals surface area contributed by atoms with Crippen LogP contribution in [0.3, 0.4) is 0 Å². The van der Waals surface area contributed by atoms with Crippen molar-refractivity contribution in [2.24, 2.45) is 0 Å². The second kappa shape index (κ2) is 7.70. The lowest BCUT2D eigenvalue weighted by Crippen LogP contribution is -2.51. The van der Waals surface area contributed by atoms with Gasteiger partial charge in [-0.3, -0.25) is 0 Å². The quantitative estimate of drug-likeness (QED) is 0.252. The fraction of sp³-hybridized carbons (Fsp3) is 0.538. The van der Waals surface area contributed by atoms with Crippen LogP contribution in [0.2, 0.25) is 0 Å². The van der Waals surface area contributed by atoms with E-state index in [0.29, 0.717) is 0 Å². The van der Waals surface area contributed by atoms with Crippen LogP contribution in [-0.4, -0.2) is 22.3 Å². The highest BCUT2D eigenvalue weighted by molar-refractivity contribution is 9.10. The van der Waals surface area contributed by atoms with Gasteiger partial charge in [0.15, 0.2) is 3.79 Å². The van der Waals surface area contributed by atoms with Gasteiger partial charge in [0.25, 0.3) is 0 Å². The minimum absolute atomic E-state index is 0.143. The van der Waals surface area contributed by atoms with E-state index in [9.17, 15) is 52.7 Å². The molecule has 0 unspecified atom stereocenters. The van der Waals surface area contributed by atoms with Crippen LogP contribution in [0.4, 0.5) is 52.7 Å². The average Bonchev–Trinajstić information content (AvgIpc) is 2.43. The highest BCUT2D eigenvalue weighted by Gasteiger charge is 2.74. The Bertz CT molecular complexity index is 747. The molecule has 0 atom stereocenters. The van der Waals surface area contributed by atoms with Crippen molar-refractivity contribution < 1.29 is 52.7 Å². The number of benzene rings is 1. The van der Waals surface area contributed by atoms with E-state index in [1.165, 1.54) is 0 Å². The smallest absolute Gasteiger partial charge is 0.218 e. The Morgan fingerprint density at radius 3 is 1.41 bits per heavy atom. The van der Waals surface area contributed by atoms with Crippen molar-refractivity contribution in [3.8, 4) is 0 Å². The van der Waals surface area contributed by atoms with Crippen LogP contribution in [0.5, 0.6) is 0 Å². The molecule has 0 saturated carbocycles. The third-order valence-corrected chi connectivity index (χ3v) is 4.55. The molecule has 0 fully saturated rings. The summed E-state index contributed by atoms with van der Waals surface area (Å²) in [6.07, 6.45) is -21.5.